The summed E-state index contributed by atoms with van der Waals surface area (Å²) < 4.78 is 42.2. The van der Waals surface area contributed by atoms with Gasteiger partial charge < -0.3 is 9.64 Å². The van der Waals surface area contributed by atoms with E-state index < -0.39 is 23.8 Å². The largest absolute Gasteiger partial charge is 0.573 e. The van der Waals surface area contributed by atoms with Crippen molar-refractivity contribution in [3.8, 4) is 11.4 Å². The molecule has 146 valence electrons. The quantitative estimate of drug-likeness (QED) is 0.742. The van der Waals surface area contributed by atoms with Gasteiger partial charge in [-0.05, 0) is 40.8 Å². The number of amides is 1. The number of carbonyl (C=O) groups excluding carboxylic acids is 1. The normalized spacial score (nSPS) is 17.0. The highest BCUT2D eigenvalue weighted by Gasteiger charge is 2.32. The van der Waals surface area contributed by atoms with Crippen LogP contribution >= 0.6 is 0 Å². The van der Waals surface area contributed by atoms with Gasteiger partial charge in [0.25, 0.3) is 0 Å². The minimum absolute atomic E-state index is 0.000535. The fourth-order valence-electron chi connectivity index (χ4n) is 2.78. The van der Waals surface area contributed by atoms with Crippen LogP contribution in [0.3, 0.4) is 0 Å². The van der Waals surface area contributed by atoms with E-state index >= 15 is 0 Å². The van der Waals surface area contributed by atoms with Gasteiger partial charge in [-0.15, -0.1) is 17.9 Å². The molecule has 0 saturated carbocycles. The predicted octanol–water partition coefficient (Wildman–Crippen LogP) is 2.42. The molecule has 0 unspecified atom stereocenters. The summed E-state index contributed by atoms with van der Waals surface area (Å²) in [5.74, 6) is -0.508. The minimum Gasteiger partial charge on any atom is -0.406 e. The van der Waals surface area contributed by atoms with Crippen LogP contribution in [0.5, 0.6) is 5.75 Å². The minimum atomic E-state index is -4.86. The second kappa shape index (κ2) is 6.71. The molecule has 8 nitrogen and oxygen atoms in total. The molecule has 27 heavy (non-hydrogen) atoms. The number of piperidine rings is 1. The van der Waals surface area contributed by atoms with Crippen molar-refractivity contribution in [2.45, 2.75) is 33.1 Å². The van der Waals surface area contributed by atoms with Gasteiger partial charge in [0.2, 0.25) is 0 Å². The Morgan fingerprint density at radius 2 is 1.85 bits per heavy atom. The number of tetrazole rings is 1. The Morgan fingerprint density at radius 1 is 1.19 bits per heavy atom. The molecule has 0 bridgehead atoms. The zero-order valence-electron chi connectivity index (χ0n) is 14.7. The SMILES string of the molecule is CC1(C)CCN(C(=O)n2nnn(-c3cccc(OC(F)(F)F)c3)c2=O)CC1. The smallest absolute Gasteiger partial charge is 0.406 e. The van der Waals surface area contributed by atoms with E-state index in [4.69, 9.17) is 0 Å². The molecular formula is C16H18F3N5O3. The molecule has 3 rings (SSSR count). The summed E-state index contributed by atoms with van der Waals surface area (Å²) in [6.07, 6.45) is -3.28. The van der Waals surface area contributed by atoms with E-state index in [2.05, 4.69) is 29.0 Å². The number of alkyl halides is 3. The molecular weight excluding hydrogens is 367 g/mol. The van der Waals surface area contributed by atoms with E-state index in [9.17, 15) is 22.8 Å². The first-order valence-corrected chi connectivity index (χ1v) is 8.26. The zero-order chi connectivity index (χ0) is 19.8. The molecule has 1 fully saturated rings. The van der Waals surface area contributed by atoms with E-state index in [0.717, 1.165) is 29.7 Å². The van der Waals surface area contributed by atoms with Gasteiger partial charge in [0.1, 0.15) is 5.75 Å². The third-order valence-electron chi connectivity index (χ3n) is 4.45. The van der Waals surface area contributed by atoms with Crippen molar-refractivity contribution in [2.75, 3.05) is 13.1 Å². The molecule has 0 radical (unpaired) electrons. The number of carbonyl (C=O) groups is 1. The lowest BCUT2D eigenvalue weighted by molar-refractivity contribution is -0.274. The molecule has 11 heteroatoms. The third-order valence-corrected chi connectivity index (χ3v) is 4.45. The van der Waals surface area contributed by atoms with Gasteiger partial charge >= 0.3 is 18.1 Å². The number of ether oxygens (including phenoxy) is 1. The molecule has 1 saturated heterocycles. The number of hydrogen-bond acceptors (Lipinski definition) is 5. The molecule has 0 atom stereocenters. The first-order valence-electron chi connectivity index (χ1n) is 8.26. The van der Waals surface area contributed by atoms with Crippen molar-refractivity contribution in [3.05, 3.63) is 34.7 Å². The molecule has 0 aliphatic carbocycles. The molecule has 1 aromatic heterocycles. The molecule has 1 amide bonds. The average Bonchev–Trinajstić information content (AvgIpc) is 2.94. The summed E-state index contributed by atoms with van der Waals surface area (Å²) in [4.78, 5) is 26.5. The van der Waals surface area contributed by atoms with Crippen LogP contribution in [0.1, 0.15) is 26.7 Å². The Bertz CT molecular complexity index is 893. The Morgan fingerprint density at radius 3 is 2.48 bits per heavy atom. The summed E-state index contributed by atoms with van der Waals surface area (Å²) in [6.45, 7) is 5.18. The van der Waals surface area contributed by atoms with Crippen molar-refractivity contribution in [1.29, 1.82) is 0 Å². The lowest BCUT2D eigenvalue weighted by Gasteiger charge is -2.36. The van der Waals surface area contributed by atoms with E-state index in [1.807, 2.05) is 0 Å². The predicted molar refractivity (Wildman–Crippen MR) is 87.7 cm³/mol. The topological polar surface area (TPSA) is 82.2 Å². The third kappa shape index (κ3) is 4.29. The van der Waals surface area contributed by atoms with E-state index in [-0.39, 0.29) is 11.1 Å². The zero-order valence-corrected chi connectivity index (χ0v) is 14.7. The molecule has 2 heterocycles. The van der Waals surface area contributed by atoms with Crippen molar-refractivity contribution < 1.29 is 22.7 Å². The fraction of sp³-hybridized carbons (Fsp3) is 0.500. The van der Waals surface area contributed by atoms with Crippen LogP contribution in [0, 0.1) is 5.41 Å². The van der Waals surface area contributed by atoms with Gasteiger partial charge in [-0.1, -0.05) is 19.9 Å². The van der Waals surface area contributed by atoms with Gasteiger partial charge in [0.15, 0.2) is 0 Å². The van der Waals surface area contributed by atoms with Gasteiger partial charge in [-0.2, -0.15) is 4.68 Å². The Kier molecular flexibility index (Phi) is 4.70. The number of nitrogens with zero attached hydrogens (tertiary/aromatic N) is 5. The highest BCUT2D eigenvalue weighted by atomic mass is 19.4. The highest BCUT2D eigenvalue weighted by Crippen LogP contribution is 2.29. The van der Waals surface area contributed by atoms with Gasteiger partial charge in [-0.3, -0.25) is 0 Å². The molecule has 0 spiro atoms. The van der Waals surface area contributed by atoms with Gasteiger partial charge in [-0.25, -0.2) is 9.59 Å². The molecule has 1 aliphatic rings. The van der Waals surface area contributed by atoms with Crippen molar-refractivity contribution >= 4 is 6.03 Å². The van der Waals surface area contributed by atoms with Gasteiger partial charge in [0, 0.05) is 19.2 Å². The summed E-state index contributed by atoms with van der Waals surface area (Å²) in [6, 6.07) is 4.10. The second-order valence-electron chi connectivity index (χ2n) is 7.06. The van der Waals surface area contributed by atoms with Gasteiger partial charge in [0.05, 0.1) is 5.69 Å². The number of benzene rings is 1. The van der Waals surface area contributed by atoms with Crippen molar-refractivity contribution in [2.24, 2.45) is 5.41 Å². The van der Waals surface area contributed by atoms with Crippen LogP contribution in [0.25, 0.3) is 5.69 Å². The maximum Gasteiger partial charge on any atom is 0.573 e. The first-order chi connectivity index (χ1) is 12.6. The van der Waals surface area contributed by atoms with Crippen molar-refractivity contribution in [3.63, 3.8) is 0 Å². The lowest BCUT2D eigenvalue weighted by atomic mass is 9.83. The van der Waals surface area contributed by atoms with Crippen LogP contribution in [0.4, 0.5) is 18.0 Å². The lowest BCUT2D eigenvalue weighted by Crippen LogP contribution is -2.46. The molecule has 0 N–H and O–H groups in total. The standard InChI is InChI=1S/C16H18F3N5O3/c1-15(2)6-8-22(9-7-15)13(25)24-14(26)23(20-21-24)11-4-3-5-12(10-11)27-16(17,18)19/h3-5,10H,6-9H2,1-2H3. The maximum absolute atomic E-state index is 12.5. The second-order valence-corrected chi connectivity index (χ2v) is 7.06. The van der Waals surface area contributed by atoms with Crippen LogP contribution in [-0.4, -0.2) is 50.2 Å². The van der Waals surface area contributed by atoms with Crippen molar-refractivity contribution in [1.82, 2.24) is 24.7 Å². The maximum atomic E-state index is 12.5. The number of halogens is 3. The number of hydrogen-bond donors (Lipinski definition) is 0. The van der Waals surface area contributed by atoms with Crippen LogP contribution in [-0.2, 0) is 0 Å². The Hall–Kier alpha value is -2.85. The number of rotatable bonds is 2. The number of likely N-dealkylation sites (tertiary alicyclic amines) is 1. The summed E-state index contributed by atoms with van der Waals surface area (Å²) in [7, 11) is 0. The number of aromatic nitrogens is 4. The first kappa shape index (κ1) is 18.9. The summed E-state index contributed by atoms with van der Waals surface area (Å²) >= 11 is 0. The average molecular weight is 385 g/mol. The molecule has 1 aromatic carbocycles. The Labute approximate surface area is 152 Å². The summed E-state index contributed by atoms with van der Waals surface area (Å²) in [5, 5.41) is 7.17. The monoisotopic (exact) mass is 385 g/mol. The Balaban J connectivity index is 1.83. The fourth-order valence-corrected chi connectivity index (χ4v) is 2.78. The van der Waals surface area contributed by atoms with E-state index in [1.54, 1.807) is 0 Å². The van der Waals surface area contributed by atoms with Crippen LogP contribution < -0.4 is 10.4 Å². The molecule has 2 aromatic rings. The molecule has 1 aliphatic heterocycles. The van der Waals surface area contributed by atoms with E-state index in [1.165, 1.54) is 17.0 Å². The van der Waals surface area contributed by atoms with Crippen LogP contribution in [0.15, 0.2) is 29.1 Å². The highest BCUT2D eigenvalue weighted by molar-refractivity contribution is 5.75. The summed E-state index contributed by atoms with van der Waals surface area (Å²) in [5.41, 5.74) is -0.743. The van der Waals surface area contributed by atoms with E-state index in [0.29, 0.717) is 17.8 Å². The van der Waals surface area contributed by atoms with Crippen LogP contribution in [0.2, 0.25) is 0 Å².